The minimum atomic E-state index is -4.03. The van der Waals surface area contributed by atoms with E-state index in [1.807, 2.05) is 56.3 Å². The van der Waals surface area contributed by atoms with Crippen molar-refractivity contribution in [3.63, 3.8) is 0 Å². The SMILES string of the molecule is CC(=O)NC(C)(C)/C=C/c1ccc(N2CC(=O)N(CC[Si](C)(C)C)S2(=O)=O)c(OCc2ccccc2)c1. The summed E-state index contributed by atoms with van der Waals surface area (Å²) in [7, 11) is -5.58. The second-order valence-electron chi connectivity index (χ2n) is 11.0. The fraction of sp³-hybridized carbons (Fsp3) is 0.407. The molecule has 8 nitrogen and oxygen atoms in total. The van der Waals surface area contributed by atoms with E-state index in [0.29, 0.717) is 17.5 Å². The van der Waals surface area contributed by atoms with E-state index < -0.39 is 29.7 Å². The first-order valence-corrected chi connectivity index (χ1v) is 17.4. The van der Waals surface area contributed by atoms with E-state index >= 15 is 0 Å². The van der Waals surface area contributed by atoms with Crippen molar-refractivity contribution in [2.24, 2.45) is 0 Å². The maximum Gasteiger partial charge on any atom is 0.329 e. The standard InChI is InChI=1S/C27H37N3O5SSi/c1-21(31)28-27(2,3)15-14-22-12-13-24(25(18-22)35-20-23-10-8-7-9-11-23)30-19-26(32)29(36(30,33)34)16-17-37(4,5)6/h7-15,18H,16-17,19-20H2,1-6H3,(H,28,31)/b15-14+. The van der Waals surface area contributed by atoms with Crippen molar-refractivity contribution in [3.8, 4) is 5.75 Å². The van der Waals surface area contributed by atoms with E-state index in [4.69, 9.17) is 4.74 Å². The van der Waals surface area contributed by atoms with Gasteiger partial charge in [0.15, 0.2) is 0 Å². The minimum Gasteiger partial charge on any atom is -0.487 e. The Balaban J connectivity index is 1.95. The highest BCUT2D eigenvalue weighted by Gasteiger charge is 2.43. The smallest absolute Gasteiger partial charge is 0.329 e. The van der Waals surface area contributed by atoms with E-state index in [-0.39, 0.29) is 25.6 Å². The van der Waals surface area contributed by atoms with Gasteiger partial charge in [-0.05, 0) is 43.2 Å². The molecule has 2 amide bonds. The molecule has 0 atom stereocenters. The van der Waals surface area contributed by atoms with Gasteiger partial charge in [-0.25, -0.2) is 8.61 Å². The van der Waals surface area contributed by atoms with Crippen LogP contribution >= 0.6 is 0 Å². The maximum atomic E-state index is 13.4. The van der Waals surface area contributed by atoms with Crippen molar-refractivity contribution < 1.29 is 22.7 Å². The van der Waals surface area contributed by atoms with Crippen LogP contribution in [0.1, 0.15) is 31.9 Å². The normalized spacial score (nSPS) is 15.9. The van der Waals surface area contributed by atoms with Gasteiger partial charge in [-0.15, -0.1) is 0 Å². The van der Waals surface area contributed by atoms with Crippen molar-refractivity contribution >= 4 is 41.9 Å². The van der Waals surface area contributed by atoms with Crippen LogP contribution in [0.25, 0.3) is 6.08 Å². The van der Waals surface area contributed by atoms with Crippen LogP contribution in [-0.2, 0) is 26.4 Å². The van der Waals surface area contributed by atoms with Crippen LogP contribution in [0.4, 0.5) is 5.69 Å². The first-order chi connectivity index (χ1) is 17.2. The summed E-state index contributed by atoms with van der Waals surface area (Å²) in [5.41, 5.74) is 1.44. The van der Waals surface area contributed by atoms with Gasteiger partial charge in [0.05, 0.1) is 11.2 Å². The van der Waals surface area contributed by atoms with Crippen molar-refractivity contribution in [1.82, 2.24) is 9.62 Å². The summed E-state index contributed by atoms with van der Waals surface area (Å²) in [5.74, 6) is -0.223. The summed E-state index contributed by atoms with van der Waals surface area (Å²) in [4.78, 5) is 24.3. The van der Waals surface area contributed by atoms with Crippen molar-refractivity contribution in [3.05, 3.63) is 65.7 Å². The molecular formula is C27H37N3O5SSi. The van der Waals surface area contributed by atoms with E-state index in [2.05, 4.69) is 25.0 Å². The van der Waals surface area contributed by atoms with E-state index in [0.717, 1.165) is 19.7 Å². The third-order valence-electron chi connectivity index (χ3n) is 5.86. The lowest BCUT2D eigenvalue weighted by Gasteiger charge is -2.24. The Hall–Kier alpha value is -3.11. The summed E-state index contributed by atoms with van der Waals surface area (Å²) >= 11 is 0. The average Bonchev–Trinajstić information content (AvgIpc) is 3.02. The third kappa shape index (κ3) is 7.69. The number of nitrogens with zero attached hydrogens (tertiary/aromatic N) is 2. The second-order valence-corrected chi connectivity index (χ2v) is 18.4. The van der Waals surface area contributed by atoms with Crippen LogP contribution in [-0.4, -0.2) is 51.2 Å². The summed E-state index contributed by atoms with van der Waals surface area (Å²) in [6.45, 7) is 11.8. The first-order valence-electron chi connectivity index (χ1n) is 12.3. The molecule has 0 saturated carbocycles. The molecule has 0 aromatic heterocycles. The molecule has 1 N–H and O–H groups in total. The molecule has 0 spiro atoms. The quantitative estimate of drug-likeness (QED) is 0.448. The summed E-state index contributed by atoms with van der Waals surface area (Å²) < 4.78 is 35.1. The van der Waals surface area contributed by atoms with Gasteiger partial charge >= 0.3 is 10.2 Å². The fourth-order valence-corrected chi connectivity index (χ4v) is 6.51. The second kappa shape index (κ2) is 11.1. The highest BCUT2D eigenvalue weighted by Crippen LogP contribution is 2.36. The number of benzene rings is 2. The molecule has 1 saturated heterocycles. The Morgan fingerprint density at radius 3 is 2.43 bits per heavy atom. The number of carbonyl (C=O) groups is 2. The van der Waals surface area contributed by atoms with Gasteiger partial charge in [0, 0.05) is 21.5 Å². The van der Waals surface area contributed by atoms with Gasteiger partial charge in [0.1, 0.15) is 18.9 Å². The topological polar surface area (TPSA) is 96.0 Å². The fourth-order valence-electron chi connectivity index (χ4n) is 3.91. The molecule has 10 heteroatoms. The number of nitrogens with one attached hydrogen (secondary N) is 1. The Kier molecular flexibility index (Phi) is 8.54. The van der Waals surface area contributed by atoms with Crippen LogP contribution in [0.3, 0.4) is 0 Å². The molecule has 0 bridgehead atoms. The number of hydrogen-bond acceptors (Lipinski definition) is 5. The zero-order valence-electron chi connectivity index (χ0n) is 22.4. The predicted octanol–water partition coefficient (Wildman–Crippen LogP) is 4.43. The molecule has 0 radical (unpaired) electrons. The number of ether oxygens (including phenoxy) is 1. The summed E-state index contributed by atoms with van der Waals surface area (Å²) in [6, 6.07) is 15.5. The van der Waals surface area contributed by atoms with Gasteiger partial charge in [0.2, 0.25) is 5.91 Å². The van der Waals surface area contributed by atoms with Crippen molar-refractivity contribution in [2.45, 2.75) is 58.6 Å². The van der Waals surface area contributed by atoms with Gasteiger partial charge in [0.25, 0.3) is 5.91 Å². The Morgan fingerprint density at radius 1 is 1.14 bits per heavy atom. The Bertz CT molecular complexity index is 1270. The molecule has 3 rings (SSSR count). The molecule has 2 aromatic carbocycles. The molecule has 1 fully saturated rings. The summed E-state index contributed by atoms with van der Waals surface area (Å²) in [5, 5.41) is 2.87. The van der Waals surface area contributed by atoms with Crippen molar-refractivity contribution in [2.75, 3.05) is 17.4 Å². The molecule has 1 aliphatic heterocycles. The number of amides is 2. The molecular weight excluding hydrogens is 506 g/mol. The molecule has 200 valence electrons. The van der Waals surface area contributed by atoms with Crippen LogP contribution in [0.2, 0.25) is 25.7 Å². The Morgan fingerprint density at radius 2 is 1.81 bits per heavy atom. The third-order valence-corrected chi connectivity index (χ3v) is 9.41. The predicted molar refractivity (Wildman–Crippen MR) is 150 cm³/mol. The Labute approximate surface area is 221 Å². The lowest BCUT2D eigenvalue weighted by Crippen LogP contribution is -2.40. The molecule has 37 heavy (non-hydrogen) atoms. The number of hydrogen-bond donors (Lipinski definition) is 1. The maximum absolute atomic E-state index is 13.4. The lowest BCUT2D eigenvalue weighted by atomic mass is 10.0. The van der Waals surface area contributed by atoms with Crippen LogP contribution in [0, 0.1) is 0 Å². The number of carbonyl (C=O) groups excluding carboxylic acids is 2. The molecule has 0 aliphatic carbocycles. The highest BCUT2D eigenvalue weighted by molar-refractivity contribution is 7.91. The van der Waals surface area contributed by atoms with Gasteiger partial charge in [-0.2, -0.15) is 8.42 Å². The molecule has 2 aromatic rings. The molecule has 1 aliphatic rings. The molecule has 1 heterocycles. The average molecular weight is 544 g/mol. The monoisotopic (exact) mass is 543 g/mol. The van der Waals surface area contributed by atoms with Crippen LogP contribution in [0.5, 0.6) is 5.75 Å². The lowest BCUT2D eigenvalue weighted by molar-refractivity contribution is -0.124. The highest BCUT2D eigenvalue weighted by atomic mass is 32.2. The van der Waals surface area contributed by atoms with Gasteiger partial charge in [-0.3, -0.25) is 9.59 Å². The van der Waals surface area contributed by atoms with Crippen molar-refractivity contribution in [1.29, 1.82) is 0 Å². The van der Waals surface area contributed by atoms with Crippen LogP contribution in [0.15, 0.2) is 54.6 Å². The molecule has 0 unspecified atom stereocenters. The minimum absolute atomic E-state index is 0.139. The van der Waals surface area contributed by atoms with Crippen LogP contribution < -0.4 is 14.4 Å². The zero-order valence-corrected chi connectivity index (χ0v) is 24.3. The zero-order chi connectivity index (χ0) is 27.4. The number of anilines is 1. The summed E-state index contributed by atoms with van der Waals surface area (Å²) in [6.07, 6.45) is 3.71. The van der Waals surface area contributed by atoms with E-state index in [1.54, 1.807) is 18.2 Å². The number of rotatable bonds is 10. The largest absolute Gasteiger partial charge is 0.487 e. The van der Waals surface area contributed by atoms with Gasteiger partial charge in [-0.1, -0.05) is 68.2 Å². The van der Waals surface area contributed by atoms with E-state index in [1.165, 1.54) is 6.92 Å². The first kappa shape index (κ1) is 28.5. The van der Waals surface area contributed by atoms with Gasteiger partial charge < -0.3 is 10.1 Å². The van der Waals surface area contributed by atoms with E-state index in [9.17, 15) is 18.0 Å².